The van der Waals surface area contributed by atoms with Crippen LogP contribution in [-0.2, 0) is 6.54 Å². The topological polar surface area (TPSA) is 58.1 Å². The van der Waals surface area contributed by atoms with E-state index in [2.05, 4.69) is 15.3 Å². The molecule has 1 N–H and O–H groups in total. The van der Waals surface area contributed by atoms with Gasteiger partial charge in [-0.1, -0.05) is 11.6 Å². The van der Waals surface area contributed by atoms with Crippen molar-refractivity contribution < 1.29 is 4.79 Å². The normalized spacial score (nSPS) is 10.2. The van der Waals surface area contributed by atoms with Crippen molar-refractivity contribution in [1.82, 2.24) is 14.9 Å². The minimum absolute atomic E-state index is 0.126. The SMILES string of the molecule is CNc1ncc(C(=O)N(C)Cc2ccncc2)cc1Cl. The molecule has 0 aliphatic carbocycles. The maximum atomic E-state index is 12.3. The van der Waals surface area contributed by atoms with Crippen molar-refractivity contribution in [3.63, 3.8) is 0 Å². The van der Waals surface area contributed by atoms with Crippen molar-refractivity contribution in [3.8, 4) is 0 Å². The number of aromatic nitrogens is 2. The van der Waals surface area contributed by atoms with Gasteiger partial charge in [-0.3, -0.25) is 9.78 Å². The first kappa shape index (κ1) is 14.3. The van der Waals surface area contributed by atoms with Crippen molar-refractivity contribution in [3.05, 3.63) is 52.9 Å². The summed E-state index contributed by atoms with van der Waals surface area (Å²) < 4.78 is 0. The quantitative estimate of drug-likeness (QED) is 0.940. The molecule has 1 amide bonds. The fraction of sp³-hybridized carbons (Fsp3) is 0.214. The molecule has 0 aromatic carbocycles. The standard InChI is InChI=1S/C14H15ClN4O/c1-16-13-12(15)7-11(8-18-13)14(20)19(2)9-10-3-5-17-6-4-10/h3-8H,9H2,1-2H3,(H,16,18). The highest BCUT2D eigenvalue weighted by atomic mass is 35.5. The summed E-state index contributed by atoms with van der Waals surface area (Å²) in [4.78, 5) is 22.0. The molecule has 0 radical (unpaired) electrons. The maximum absolute atomic E-state index is 12.3. The number of halogens is 1. The van der Waals surface area contributed by atoms with Crippen LogP contribution in [0, 0.1) is 0 Å². The summed E-state index contributed by atoms with van der Waals surface area (Å²) in [7, 11) is 3.47. The van der Waals surface area contributed by atoms with Crippen LogP contribution in [0.2, 0.25) is 5.02 Å². The summed E-state index contributed by atoms with van der Waals surface area (Å²) in [6.07, 6.45) is 4.92. The number of carbonyl (C=O) groups excluding carboxylic acids is 1. The van der Waals surface area contributed by atoms with Gasteiger partial charge < -0.3 is 10.2 Å². The number of rotatable bonds is 4. The summed E-state index contributed by atoms with van der Waals surface area (Å²) in [5.41, 5.74) is 1.48. The Labute approximate surface area is 122 Å². The molecule has 0 aliphatic heterocycles. The molecule has 104 valence electrons. The van der Waals surface area contributed by atoms with Gasteiger partial charge in [0.2, 0.25) is 0 Å². The van der Waals surface area contributed by atoms with Gasteiger partial charge in [-0.25, -0.2) is 4.98 Å². The fourth-order valence-electron chi connectivity index (χ4n) is 1.79. The van der Waals surface area contributed by atoms with Crippen LogP contribution in [0.15, 0.2) is 36.8 Å². The Balaban J connectivity index is 2.12. The Kier molecular flexibility index (Phi) is 4.53. The molecule has 0 spiro atoms. The van der Waals surface area contributed by atoms with Crippen molar-refractivity contribution in [1.29, 1.82) is 0 Å². The second-order valence-electron chi connectivity index (χ2n) is 4.32. The molecule has 2 heterocycles. The lowest BCUT2D eigenvalue weighted by atomic mass is 10.2. The first-order valence-electron chi connectivity index (χ1n) is 6.09. The highest BCUT2D eigenvalue weighted by molar-refractivity contribution is 6.33. The van der Waals surface area contributed by atoms with E-state index in [0.717, 1.165) is 5.56 Å². The molecule has 0 aliphatic rings. The molecular formula is C14H15ClN4O. The lowest BCUT2D eigenvalue weighted by Gasteiger charge is -2.17. The van der Waals surface area contributed by atoms with Crippen LogP contribution in [0.5, 0.6) is 0 Å². The van der Waals surface area contributed by atoms with Gasteiger partial charge >= 0.3 is 0 Å². The number of amides is 1. The van der Waals surface area contributed by atoms with Crippen LogP contribution in [0.25, 0.3) is 0 Å². The number of hydrogen-bond acceptors (Lipinski definition) is 4. The van der Waals surface area contributed by atoms with Crippen LogP contribution in [0.4, 0.5) is 5.82 Å². The maximum Gasteiger partial charge on any atom is 0.255 e. The van der Waals surface area contributed by atoms with Gasteiger partial charge in [0.1, 0.15) is 5.82 Å². The van der Waals surface area contributed by atoms with Crippen LogP contribution >= 0.6 is 11.6 Å². The van der Waals surface area contributed by atoms with Crippen molar-refractivity contribution in [2.45, 2.75) is 6.54 Å². The Hall–Kier alpha value is -2.14. The van der Waals surface area contributed by atoms with Crippen molar-refractivity contribution >= 4 is 23.3 Å². The Morgan fingerprint density at radius 2 is 2.10 bits per heavy atom. The molecule has 20 heavy (non-hydrogen) atoms. The molecule has 2 rings (SSSR count). The largest absolute Gasteiger partial charge is 0.372 e. The molecular weight excluding hydrogens is 276 g/mol. The molecule has 0 unspecified atom stereocenters. The Bertz CT molecular complexity index is 603. The predicted molar refractivity (Wildman–Crippen MR) is 78.8 cm³/mol. The van der Waals surface area contributed by atoms with Gasteiger partial charge in [-0.15, -0.1) is 0 Å². The predicted octanol–water partition coefficient (Wildman–Crippen LogP) is 2.44. The average molecular weight is 291 g/mol. The van der Waals surface area contributed by atoms with Gasteiger partial charge in [0.25, 0.3) is 5.91 Å². The smallest absolute Gasteiger partial charge is 0.255 e. The average Bonchev–Trinajstić information content (AvgIpc) is 2.47. The first-order valence-corrected chi connectivity index (χ1v) is 6.47. The van der Waals surface area contributed by atoms with E-state index in [1.54, 1.807) is 37.5 Å². The van der Waals surface area contributed by atoms with E-state index in [-0.39, 0.29) is 5.91 Å². The van der Waals surface area contributed by atoms with Gasteiger partial charge in [0.15, 0.2) is 0 Å². The Morgan fingerprint density at radius 3 is 2.70 bits per heavy atom. The van der Waals surface area contributed by atoms with E-state index in [4.69, 9.17) is 11.6 Å². The lowest BCUT2D eigenvalue weighted by Crippen LogP contribution is -2.26. The lowest BCUT2D eigenvalue weighted by molar-refractivity contribution is 0.0784. The van der Waals surface area contributed by atoms with Crippen molar-refractivity contribution in [2.24, 2.45) is 0 Å². The van der Waals surface area contributed by atoms with Crippen LogP contribution in [-0.4, -0.2) is 34.9 Å². The third-order valence-electron chi connectivity index (χ3n) is 2.84. The van der Waals surface area contributed by atoms with Gasteiger partial charge in [-0.2, -0.15) is 0 Å². The first-order chi connectivity index (χ1) is 9.61. The number of hydrogen-bond donors (Lipinski definition) is 1. The fourth-order valence-corrected chi connectivity index (χ4v) is 2.05. The van der Waals surface area contributed by atoms with Crippen LogP contribution in [0.1, 0.15) is 15.9 Å². The van der Waals surface area contributed by atoms with E-state index in [1.165, 1.54) is 6.20 Å². The molecule has 0 fully saturated rings. The summed E-state index contributed by atoms with van der Waals surface area (Å²) in [5.74, 6) is 0.430. The summed E-state index contributed by atoms with van der Waals surface area (Å²) in [6.45, 7) is 0.507. The highest BCUT2D eigenvalue weighted by Crippen LogP contribution is 2.20. The van der Waals surface area contributed by atoms with E-state index >= 15 is 0 Å². The minimum Gasteiger partial charge on any atom is -0.372 e. The molecule has 6 heteroatoms. The zero-order chi connectivity index (χ0) is 14.5. The third kappa shape index (κ3) is 3.24. The number of anilines is 1. The monoisotopic (exact) mass is 290 g/mol. The third-order valence-corrected chi connectivity index (χ3v) is 3.13. The summed E-state index contributed by atoms with van der Waals surface area (Å²) in [5, 5.41) is 3.28. The second kappa shape index (κ2) is 6.34. The highest BCUT2D eigenvalue weighted by Gasteiger charge is 2.14. The number of nitrogens with zero attached hydrogens (tertiary/aromatic N) is 3. The Morgan fingerprint density at radius 1 is 1.40 bits per heavy atom. The molecule has 0 atom stereocenters. The number of pyridine rings is 2. The molecule has 0 saturated carbocycles. The molecule has 0 saturated heterocycles. The summed E-state index contributed by atoms with van der Waals surface area (Å²) >= 11 is 6.03. The number of nitrogens with one attached hydrogen (secondary N) is 1. The minimum atomic E-state index is -0.126. The van der Waals surface area contributed by atoms with Crippen LogP contribution in [0.3, 0.4) is 0 Å². The molecule has 5 nitrogen and oxygen atoms in total. The van der Waals surface area contributed by atoms with Crippen molar-refractivity contribution in [2.75, 3.05) is 19.4 Å². The second-order valence-corrected chi connectivity index (χ2v) is 4.73. The van der Waals surface area contributed by atoms with Gasteiger partial charge in [0.05, 0.1) is 10.6 Å². The van der Waals surface area contributed by atoms with E-state index in [0.29, 0.717) is 22.9 Å². The van der Waals surface area contributed by atoms with Crippen LogP contribution < -0.4 is 5.32 Å². The zero-order valence-electron chi connectivity index (χ0n) is 11.3. The molecule has 0 bridgehead atoms. The molecule has 2 aromatic heterocycles. The van der Waals surface area contributed by atoms with Gasteiger partial charge in [-0.05, 0) is 23.8 Å². The van der Waals surface area contributed by atoms with E-state index in [1.807, 2.05) is 12.1 Å². The number of carbonyl (C=O) groups is 1. The zero-order valence-corrected chi connectivity index (χ0v) is 12.1. The van der Waals surface area contributed by atoms with E-state index < -0.39 is 0 Å². The van der Waals surface area contributed by atoms with E-state index in [9.17, 15) is 4.79 Å². The molecule has 2 aromatic rings. The summed E-state index contributed by atoms with van der Waals surface area (Å²) in [6, 6.07) is 5.37. The van der Waals surface area contributed by atoms with Gasteiger partial charge in [0, 0.05) is 39.2 Å².